The number of hydrogen-bond acceptors (Lipinski definition) is 3. The van der Waals surface area contributed by atoms with Crippen LogP contribution in [0.15, 0.2) is 48.5 Å². The van der Waals surface area contributed by atoms with Crippen LogP contribution in [0.3, 0.4) is 0 Å². The minimum Gasteiger partial charge on any atom is -0.508 e. The normalized spacial score (nSPS) is 8.82. The highest BCUT2D eigenvalue weighted by Crippen LogP contribution is 2.09. The summed E-state index contributed by atoms with van der Waals surface area (Å²) in [6, 6.07) is 14.5. The Hall–Kier alpha value is -2.69. The van der Waals surface area contributed by atoms with Crippen LogP contribution in [-0.2, 0) is 12.8 Å². The maximum atomic E-state index is 8.85. The maximum Gasteiger partial charge on any atom is 0.503 e. The monoisotopic (exact) mass is 306 g/mol. The molecule has 0 atom stereocenters. The lowest BCUT2D eigenvalue weighted by molar-refractivity contribution is 0.137. The number of aryl methyl sites for hydroxylation is 2. The number of hydrogen-bond donors (Lipinski definition) is 4. The molecule has 0 amide bonds. The van der Waals surface area contributed by atoms with Gasteiger partial charge in [0.05, 0.1) is 0 Å². The molecule has 0 bridgehead atoms. The second-order valence-corrected chi connectivity index (χ2v) is 4.32. The van der Waals surface area contributed by atoms with Crippen molar-refractivity contribution in [2.75, 3.05) is 0 Å². The molecule has 2 aromatic carbocycles. The Kier molecular flexibility index (Phi) is 9.67. The van der Waals surface area contributed by atoms with E-state index in [1.165, 1.54) is 11.1 Å². The molecule has 5 nitrogen and oxygen atoms in total. The zero-order valence-electron chi connectivity index (χ0n) is 12.7. The van der Waals surface area contributed by atoms with E-state index in [1.54, 1.807) is 24.3 Å². The third-order valence-electron chi connectivity index (χ3n) is 2.69. The van der Waals surface area contributed by atoms with Gasteiger partial charge in [-0.2, -0.15) is 0 Å². The SMILES string of the molecule is CCc1ccc(O)cc1.CCc1ccc(O)cc1.O=C(O)O. The predicted molar refractivity (Wildman–Crippen MR) is 85.6 cm³/mol. The van der Waals surface area contributed by atoms with Gasteiger partial charge in [-0.15, -0.1) is 0 Å². The van der Waals surface area contributed by atoms with Crippen LogP contribution in [0.25, 0.3) is 0 Å². The largest absolute Gasteiger partial charge is 0.508 e. The fourth-order valence-corrected chi connectivity index (χ4v) is 1.46. The third kappa shape index (κ3) is 10.1. The van der Waals surface area contributed by atoms with Crippen molar-refractivity contribution in [2.24, 2.45) is 0 Å². The highest BCUT2D eigenvalue weighted by Gasteiger charge is 1.87. The van der Waals surface area contributed by atoms with Crippen LogP contribution in [0.4, 0.5) is 4.79 Å². The molecule has 120 valence electrons. The first-order valence-electron chi connectivity index (χ1n) is 6.86. The van der Waals surface area contributed by atoms with Gasteiger partial charge in [0.2, 0.25) is 0 Å². The van der Waals surface area contributed by atoms with Crippen LogP contribution in [0.1, 0.15) is 25.0 Å². The quantitative estimate of drug-likeness (QED) is 0.668. The maximum absolute atomic E-state index is 8.85. The first kappa shape index (κ1) is 19.3. The fourth-order valence-electron chi connectivity index (χ4n) is 1.46. The summed E-state index contributed by atoms with van der Waals surface area (Å²) in [5.41, 5.74) is 2.51. The number of carbonyl (C=O) groups is 1. The van der Waals surface area contributed by atoms with Crippen LogP contribution in [0, 0.1) is 0 Å². The lowest BCUT2D eigenvalue weighted by atomic mass is 10.2. The summed E-state index contributed by atoms with van der Waals surface area (Å²) >= 11 is 0. The van der Waals surface area contributed by atoms with Crippen molar-refractivity contribution in [2.45, 2.75) is 26.7 Å². The van der Waals surface area contributed by atoms with E-state index < -0.39 is 6.16 Å². The van der Waals surface area contributed by atoms with E-state index >= 15 is 0 Å². The molecule has 0 aliphatic rings. The Labute approximate surface area is 130 Å². The van der Waals surface area contributed by atoms with Gasteiger partial charge in [-0.05, 0) is 48.2 Å². The molecule has 4 N–H and O–H groups in total. The van der Waals surface area contributed by atoms with E-state index in [0.717, 1.165) is 12.8 Å². The van der Waals surface area contributed by atoms with Crippen molar-refractivity contribution in [3.05, 3.63) is 59.7 Å². The summed E-state index contributed by atoms with van der Waals surface area (Å²) in [5.74, 6) is 0.680. The van der Waals surface area contributed by atoms with Crippen LogP contribution in [-0.4, -0.2) is 26.6 Å². The Bertz CT molecular complexity index is 482. The number of benzene rings is 2. The zero-order chi connectivity index (χ0) is 17.0. The molecule has 22 heavy (non-hydrogen) atoms. The van der Waals surface area contributed by atoms with Crippen LogP contribution < -0.4 is 0 Å². The molecule has 0 aliphatic carbocycles. The Morgan fingerprint density at radius 1 is 0.727 bits per heavy atom. The van der Waals surface area contributed by atoms with Crippen molar-refractivity contribution < 1.29 is 25.2 Å². The molecule has 0 saturated heterocycles. The van der Waals surface area contributed by atoms with Crippen molar-refractivity contribution in [1.82, 2.24) is 0 Å². The predicted octanol–water partition coefficient (Wildman–Crippen LogP) is 4.13. The van der Waals surface area contributed by atoms with Crippen molar-refractivity contribution >= 4 is 6.16 Å². The van der Waals surface area contributed by atoms with Gasteiger partial charge in [-0.3, -0.25) is 0 Å². The van der Waals surface area contributed by atoms with Crippen LogP contribution in [0.5, 0.6) is 11.5 Å². The lowest BCUT2D eigenvalue weighted by Gasteiger charge is -1.93. The second-order valence-electron chi connectivity index (χ2n) is 4.32. The first-order chi connectivity index (χ1) is 10.4. The molecule has 0 saturated carbocycles. The van der Waals surface area contributed by atoms with Crippen LogP contribution in [0.2, 0.25) is 0 Å². The molecule has 5 heteroatoms. The summed E-state index contributed by atoms with van der Waals surface area (Å²) in [6.07, 6.45) is 0.223. The molecule has 0 unspecified atom stereocenters. The molecule has 0 aromatic heterocycles. The van der Waals surface area contributed by atoms with Gasteiger partial charge in [0.1, 0.15) is 11.5 Å². The average molecular weight is 306 g/mol. The van der Waals surface area contributed by atoms with Gasteiger partial charge in [0, 0.05) is 0 Å². The van der Waals surface area contributed by atoms with E-state index in [2.05, 4.69) is 13.8 Å². The average Bonchev–Trinajstić information content (AvgIpc) is 2.49. The van der Waals surface area contributed by atoms with E-state index in [4.69, 9.17) is 25.2 Å². The van der Waals surface area contributed by atoms with Gasteiger partial charge in [0.15, 0.2) is 0 Å². The molecule has 0 heterocycles. The standard InChI is InChI=1S/2C8H10O.CH2O3/c2*1-2-7-3-5-8(9)6-4-7;2-1(3)4/h2*3-6,9H,2H2,1H3;(H2,2,3,4). The summed E-state index contributed by atoms with van der Waals surface area (Å²) in [5, 5.41) is 31.6. The molecule has 0 aliphatic heterocycles. The topological polar surface area (TPSA) is 98.0 Å². The van der Waals surface area contributed by atoms with E-state index in [1.807, 2.05) is 24.3 Å². The van der Waals surface area contributed by atoms with Gasteiger partial charge in [-0.1, -0.05) is 38.1 Å². The molecule has 0 radical (unpaired) electrons. The molecular weight excluding hydrogens is 284 g/mol. The summed E-state index contributed by atoms with van der Waals surface area (Å²) in [4.78, 5) is 8.56. The summed E-state index contributed by atoms with van der Waals surface area (Å²) < 4.78 is 0. The van der Waals surface area contributed by atoms with Gasteiger partial charge < -0.3 is 20.4 Å². The number of aromatic hydroxyl groups is 2. The zero-order valence-corrected chi connectivity index (χ0v) is 12.7. The summed E-state index contributed by atoms with van der Waals surface area (Å²) in [6.45, 7) is 4.18. The Morgan fingerprint density at radius 3 is 1.14 bits per heavy atom. The Balaban J connectivity index is 0.000000326. The number of carboxylic acid groups (broad SMARTS) is 2. The number of rotatable bonds is 2. The lowest BCUT2D eigenvalue weighted by Crippen LogP contribution is -1.81. The van der Waals surface area contributed by atoms with Gasteiger partial charge in [-0.25, -0.2) is 4.79 Å². The first-order valence-corrected chi connectivity index (χ1v) is 6.86. The van der Waals surface area contributed by atoms with Gasteiger partial charge >= 0.3 is 6.16 Å². The Morgan fingerprint density at radius 2 is 0.955 bits per heavy atom. The highest BCUT2D eigenvalue weighted by molar-refractivity contribution is 5.53. The van der Waals surface area contributed by atoms with E-state index in [-0.39, 0.29) is 0 Å². The molecule has 2 aromatic rings. The van der Waals surface area contributed by atoms with Gasteiger partial charge in [0.25, 0.3) is 0 Å². The molecule has 0 fully saturated rings. The number of phenols is 2. The summed E-state index contributed by atoms with van der Waals surface area (Å²) in [7, 11) is 0. The smallest absolute Gasteiger partial charge is 0.503 e. The van der Waals surface area contributed by atoms with E-state index in [9.17, 15) is 0 Å². The fraction of sp³-hybridized carbons (Fsp3) is 0.235. The minimum absolute atomic E-state index is 0.340. The molecular formula is C17H22O5. The van der Waals surface area contributed by atoms with Crippen molar-refractivity contribution in [3.63, 3.8) is 0 Å². The van der Waals surface area contributed by atoms with Crippen molar-refractivity contribution in [3.8, 4) is 11.5 Å². The van der Waals surface area contributed by atoms with Crippen LogP contribution >= 0.6 is 0 Å². The van der Waals surface area contributed by atoms with Crippen molar-refractivity contribution in [1.29, 1.82) is 0 Å². The number of phenolic OH excluding ortho intramolecular Hbond substituents is 2. The highest BCUT2D eigenvalue weighted by atomic mass is 16.6. The molecule has 2 rings (SSSR count). The molecule has 0 spiro atoms. The third-order valence-corrected chi connectivity index (χ3v) is 2.69. The van der Waals surface area contributed by atoms with E-state index in [0.29, 0.717) is 11.5 Å². The second kappa shape index (κ2) is 11.0. The minimum atomic E-state index is -1.83.